The van der Waals surface area contributed by atoms with Crippen molar-refractivity contribution in [2.24, 2.45) is 0 Å². The number of H-pyrrole nitrogens is 1. The third kappa shape index (κ3) is 1.78. The predicted molar refractivity (Wildman–Crippen MR) is 70.6 cm³/mol. The standard InChI is InChI=1S/C14H17N3O/c1-2-12-15-11-7-5-6-10(13(11)16-12)14(18)17-8-3-4-9-17/h5-7H,2-4,8-9H2,1H3,(H,15,16). The molecule has 0 unspecified atom stereocenters. The fourth-order valence-electron chi connectivity index (χ4n) is 2.51. The normalized spacial score (nSPS) is 15.5. The number of carbonyl (C=O) groups is 1. The van der Waals surface area contributed by atoms with Gasteiger partial charge in [-0.3, -0.25) is 4.79 Å². The molecule has 2 heterocycles. The van der Waals surface area contributed by atoms with Crippen molar-refractivity contribution in [3.63, 3.8) is 0 Å². The highest BCUT2D eigenvalue weighted by Crippen LogP contribution is 2.20. The molecular formula is C14H17N3O. The number of para-hydroxylation sites is 1. The van der Waals surface area contributed by atoms with E-state index < -0.39 is 0 Å². The quantitative estimate of drug-likeness (QED) is 0.880. The van der Waals surface area contributed by atoms with Crippen LogP contribution in [0, 0.1) is 0 Å². The summed E-state index contributed by atoms with van der Waals surface area (Å²) >= 11 is 0. The Morgan fingerprint density at radius 2 is 2.17 bits per heavy atom. The molecule has 1 aliphatic rings. The van der Waals surface area contributed by atoms with Gasteiger partial charge in [-0.15, -0.1) is 0 Å². The number of nitrogens with one attached hydrogen (secondary N) is 1. The van der Waals surface area contributed by atoms with Crippen LogP contribution in [0.25, 0.3) is 11.0 Å². The van der Waals surface area contributed by atoms with Crippen molar-refractivity contribution >= 4 is 16.9 Å². The van der Waals surface area contributed by atoms with Crippen LogP contribution in [0.15, 0.2) is 18.2 Å². The zero-order valence-electron chi connectivity index (χ0n) is 10.6. The van der Waals surface area contributed by atoms with E-state index in [2.05, 4.69) is 16.9 Å². The maximum Gasteiger partial charge on any atom is 0.256 e. The van der Waals surface area contributed by atoms with E-state index in [1.54, 1.807) is 0 Å². The lowest BCUT2D eigenvalue weighted by atomic mass is 10.1. The third-order valence-electron chi connectivity index (χ3n) is 3.52. The molecule has 1 aliphatic heterocycles. The van der Waals surface area contributed by atoms with E-state index in [1.807, 2.05) is 23.1 Å². The van der Waals surface area contributed by atoms with Crippen molar-refractivity contribution in [3.05, 3.63) is 29.6 Å². The second-order valence-corrected chi connectivity index (χ2v) is 4.74. The van der Waals surface area contributed by atoms with Crippen LogP contribution in [0.3, 0.4) is 0 Å². The predicted octanol–water partition coefficient (Wildman–Crippen LogP) is 2.36. The van der Waals surface area contributed by atoms with E-state index in [0.717, 1.165) is 54.8 Å². The zero-order valence-corrected chi connectivity index (χ0v) is 10.6. The van der Waals surface area contributed by atoms with Gasteiger partial charge in [0.25, 0.3) is 5.91 Å². The van der Waals surface area contributed by atoms with Crippen LogP contribution in [-0.2, 0) is 6.42 Å². The van der Waals surface area contributed by atoms with Gasteiger partial charge >= 0.3 is 0 Å². The number of aromatic nitrogens is 2. The molecule has 0 radical (unpaired) electrons. The first-order chi connectivity index (χ1) is 8.79. The summed E-state index contributed by atoms with van der Waals surface area (Å²) in [7, 11) is 0. The first-order valence-corrected chi connectivity index (χ1v) is 6.56. The lowest BCUT2D eigenvalue weighted by molar-refractivity contribution is 0.0794. The van der Waals surface area contributed by atoms with Gasteiger partial charge < -0.3 is 9.88 Å². The smallest absolute Gasteiger partial charge is 0.256 e. The molecule has 3 rings (SSSR count). The van der Waals surface area contributed by atoms with Crippen molar-refractivity contribution in [2.45, 2.75) is 26.2 Å². The second-order valence-electron chi connectivity index (χ2n) is 4.74. The summed E-state index contributed by atoms with van der Waals surface area (Å²) in [5.74, 6) is 1.05. The Bertz CT molecular complexity index is 582. The molecule has 94 valence electrons. The van der Waals surface area contributed by atoms with Gasteiger partial charge in [-0.05, 0) is 25.0 Å². The van der Waals surface area contributed by atoms with Gasteiger partial charge in [-0.2, -0.15) is 0 Å². The lowest BCUT2D eigenvalue weighted by Crippen LogP contribution is -2.27. The summed E-state index contributed by atoms with van der Waals surface area (Å²) in [6.07, 6.45) is 3.08. The topological polar surface area (TPSA) is 49.0 Å². The van der Waals surface area contributed by atoms with Crippen LogP contribution in [0.5, 0.6) is 0 Å². The van der Waals surface area contributed by atoms with E-state index in [0.29, 0.717) is 0 Å². The van der Waals surface area contributed by atoms with Crippen LogP contribution in [0.4, 0.5) is 0 Å². The Labute approximate surface area is 106 Å². The molecule has 1 fully saturated rings. The average molecular weight is 243 g/mol. The highest BCUT2D eigenvalue weighted by atomic mass is 16.2. The van der Waals surface area contributed by atoms with Crippen molar-refractivity contribution in [2.75, 3.05) is 13.1 Å². The molecule has 1 N–H and O–H groups in total. The number of imidazole rings is 1. The average Bonchev–Trinajstić information content (AvgIpc) is 3.05. The van der Waals surface area contributed by atoms with E-state index in [1.165, 1.54) is 0 Å². The minimum atomic E-state index is 0.118. The first kappa shape index (κ1) is 11.3. The molecule has 1 amide bonds. The number of amides is 1. The zero-order chi connectivity index (χ0) is 12.5. The maximum absolute atomic E-state index is 12.4. The van der Waals surface area contributed by atoms with Gasteiger partial charge in [0.2, 0.25) is 0 Å². The number of hydrogen-bond donors (Lipinski definition) is 1. The fraction of sp³-hybridized carbons (Fsp3) is 0.429. The Kier molecular flexibility index (Phi) is 2.78. The fourth-order valence-corrected chi connectivity index (χ4v) is 2.51. The van der Waals surface area contributed by atoms with E-state index in [4.69, 9.17) is 0 Å². The molecule has 0 bridgehead atoms. The molecule has 1 saturated heterocycles. The number of aromatic amines is 1. The second kappa shape index (κ2) is 4.44. The van der Waals surface area contributed by atoms with Gasteiger partial charge in [0.15, 0.2) is 0 Å². The number of rotatable bonds is 2. The van der Waals surface area contributed by atoms with Gasteiger partial charge in [-0.25, -0.2) is 4.98 Å². The largest absolute Gasteiger partial charge is 0.342 e. The maximum atomic E-state index is 12.4. The number of fused-ring (bicyclic) bond motifs is 1. The Morgan fingerprint density at radius 3 is 2.89 bits per heavy atom. The molecule has 18 heavy (non-hydrogen) atoms. The molecule has 0 atom stereocenters. The number of hydrogen-bond acceptors (Lipinski definition) is 2. The summed E-state index contributed by atoms with van der Waals surface area (Å²) in [5, 5.41) is 0. The van der Waals surface area contributed by atoms with Crippen molar-refractivity contribution in [1.82, 2.24) is 14.9 Å². The minimum absolute atomic E-state index is 0.118. The number of nitrogens with zero attached hydrogens (tertiary/aromatic N) is 2. The van der Waals surface area contributed by atoms with Gasteiger partial charge in [-0.1, -0.05) is 13.0 Å². The molecule has 0 spiro atoms. The van der Waals surface area contributed by atoms with E-state index in [9.17, 15) is 4.79 Å². The highest BCUT2D eigenvalue weighted by Gasteiger charge is 2.22. The summed E-state index contributed by atoms with van der Waals surface area (Å²) in [5.41, 5.74) is 2.49. The van der Waals surface area contributed by atoms with Gasteiger partial charge in [0.05, 0.1) is 11.1 Å². The summed E-state index contributed by atoms with van der Waals surface area (Å²) < 4.78 is 0. The Balaban J connectivity index is 2.04. The molecule has 0 aliphatic carbocycles. The van der Waals surface area contributed by atoms with Crippen molar-refractivity contribution in [1.29, 1.82) is 0 Å². The number of aryl methyl sites for hydroxylation is 1. The van der Waals surface area contributed by atoms with Crippen LogP contribution < -0.4 is 0 Å². The molecule has 4 nitrogen and oxygen atoms in total. The monoisotopic (exact) mass is 243 g/mol. The number of likely N-dealkylation sites (tertiary alicyclic amines) is 1. The van der Waals surface area contributed by atoms with Crippen LogP contribution in [0.2, 0.25) is 0 Å². The number of benzene rings is 1. The minimum Gasteiger partial charge on any atom is -0.342 e. The van der Waals surface area contributed by atoms with E-state index in [-0.39, 0.29) is 5.91 Å². The van der Waals surface area contributed by atoms with Crippen molar-refractivity contribution < 1.29 is 4.79 Å². The number of carbonyl (C=O) groups excluding carboxylic acids is 1. The Hall–Kier alpha value is -1.84. The van der Waals surface area contributed by atoms with Crippen LogP contribution in [-0.4, -0.2) is 33.9 Å². The van der Waals surface area contributed by atoms with Crippen LogP contribution in [0.1, 0.15) is 35.9 Å². The first-order valence-electron chi connectivity index (χ1n) is 6.56. The summed E-state index contributed by atoms with van der Waals surface area (Å²) in [6.45, 7) is 3.81. The Morgan fingerprint density at radius 1 is 1.39 bits per heavy atom. The lowest BCUT2D eigenvalue weighted by Gasteiger charge is -2.15. The molecule has 2 aromatic rings. The molecule has 4 heteroatoms. The van der Waals surface area contributed by atoms with Crippen LogP contribution >= 0.6 is 0 Å². The molecule has 1 aromatic carbocycles. The van der Waals surface area contributed by atoms with Gasteiger partial charge in [0.1, 0.15) is 11.3 Å². The van der Waals surface area contributed by atoms with Crippen molar-refractivity contribution in [3.8, 4) is 0 Å². The summed E-state index contributed by atoms with van der Waals surface area (Å²) in [4.78, 5) is 22.1. The van der Waals surface area contributed by atoms with E-state index >= 15 is 0 Å². The molecular weight excluding hydrogens is 226 g/mol. The third-order valence-corrected chi connectivity index (χ3v) is 3.52. The highest BCUT2D eigenvalue weighted by molar-refractivity contribution is 6.04. The molecule has 1 aromatic heterocycles. The molecule has 0 saturated carbocycles. The SMILES string of the molecule is CCc1nc2c(C(=O)N3CCCC3)cccc2[nH]1. The summed E-state index contributed by atoms with van der Waals surface area (Å²) in [6, 6.07) is 5.77. The van der Waals surface area contributed by atoms with Gasteiger partial charge in [0, 0.05) is 19.5 Å².